The summed E-state index contributed by atoms with van der Waals surface area (Å²) in [5, 5.41) is 0.534. The zero-order valence-corrected chi connectivity index (χ0v) is 15.1. The van der Waals surface area contributed by atoms with E-state index in [1.54, 1.807) is 0 Å². The Morgan fingerprint density at radius 3 is 2.54 bits per heavy atom. The van der Waals surface area contributed by atoms with Crippen molar-refractivity contribution in [1.82, 2.24) is 19.5 Å². The minimum absolute atomic E-state index is 0.534. The molecule has 0 saturated heterocycles. The van der Waals surface area contributed by atoms with Gasteiger partial charge in [-0.2, -0.15) is 11.8 Å². The van der Waals surface area contributed by atoms with Gasteiger partial charge in [-0.1, -0.05) is 37.3 Å². The fourth-order valence-corrected chi connectivity index (χ4v) is 2.95. The highest BCUT2D eigenvalue weighted by Crippen LogP contribution is 2.25. The van der Waals surface area contributed by atoms with Crippen LogP contribution in [-0.4, -0.2) is 31.0 Å². The third-order valence-corrected chi connectivity index (χ3v) is 5.01. The number of benzene rings is 1. The van der Waals surface area contributed by atoms with Crippen molar-refractivity contribution in [3.63, 3.8) is 0 Å². The molecule has 0 aliphatic carbocycles. The Labute approximate surface area is 147 Å². The average Bonchev–Trinajstić information content (AvgIpc) is 3.00. The van der Waals surface area contributed by atoms with Crippen LogP contribution >= 0.6 is 11.8 Å². The molecule has 5 heteroatoms. The van der Waals surface area contributed by atoms with E-state index in [4.69, 9.17) is 4.98 Å². The Kier molecular flexibility index (Phi) is 5.30. The molecular formula is C19H22N4S. The highest BCUT2D eigenvalue weighted by molar-refractivity contribution is 7.99. The van der Waals surface area contributed by atoms with Crippen molar-refractivity contribution in [2.75, 3.05) is 6.26 Å². The minimum atomic E-state index is 0.534. The van der Waals surface area contributed by atoms with Gasteiger partial charge in [-0.3, -0.25) is 9.97 Å². The maximum absolute atomic E-state index is 4.69. The molecule has 3 aromatic rings. The lowest BCUT2D eigenvalue weighted by atomic mass is 10.1. The summed E-state index contributed by atoms with van der Waals surface area (Å²) in [6.07, 6.45) is 8.71. The quantitative estimate of drug-likeness (QED) is 0.681. The van der Waals surface area contributed by atoms with Gasteiger partial charge in [0.2, 0.25) is 0 Å². The molecule has 124 valence electrons. The van der Waals surface area contributed by atoms with Crippen LogP contribution in [0, 0.1) is 6.92 Å². The molecule has 4 nitrogen and oxygen atoms in total. The zero-order chi connectivity index (χ0) is 16.9. The highest BCUT2D eigenvalue weighted by atomic mass is 32.2. The van der Waals surface area contributed by atoms with Gasteiger partial charge < -0.3 is 4.57 Å². The van der Waals surface area contributed by atoms with Crippen LogP contribution < -0.4 is 0 Å². The standard InChI is InChI=1S/C19H22N4S/c1-14-10-21-17(11-20-14)12-23-13-22-19(16-7-5-4-6-8-16)18(23)9-15(2)24-3/h4-8,10-11,13,15H,9,12H2,1-3H3/t15-/m1/s1. The van der Waals surface area contributed by atoms with Gasteiger partial charge >= 0.3 is 0 Å². The summed E-state index contributed by atoms with van der Waals surface area (Å²) in [6, 6.07) is 10.4. The molecule has 2 aromatic heterocycles. The van der Waals surface area contributed by atoms with E-state index in [1.165, 1.54) is 5.69 Å². The molecule has 3 rings (SSSR count). The molecule has 2 heterocycles. The SMILES string of the molecule is CS[C@H](C)Cc1c(-c2ccccc2)ncn1Cc1cnc(C)cn1. The van der Waals surface area contributed by atoms with Gasteiger partial charge in [0.05, 0.1) is 36.2 Å². The second-order valence-corrected chi connectivity index (χ2v) is 7.21. The molecule has 0 aliphatic rings. The zero-order valence-electron chi connectivity index (χ0n) is 14.3. The van der Waals surface area contributed by atoms with Crippen LogP contribution in [0.15, 0.2) is 49.1 Å². The Morgan fingerprint density at radius 2 is 1.88 bits per heavy atom. The van der Waals surface area contributed by atoms with Crippen LogP contribution in [-0.2, 0) is 13.0 Å². The second kappa shape index (κ2) is 7.62. The van der Waals surface area contributed by atoms with Crippen LogP contribution in [0.3, 0.4) is 0 Å². The Hall–Kier alpha value is -2.14. The summed E-state index contributed by atoms with van der Waals surface area (Å²) < 4.78 is 2.20. The maximum atomic E-state index is 4.69. The summed E-state index contributed by atoms with van der Waals surface area (Å²) >= 11 is 1.87. The van der Waals surface area contributed by atoms with Crippen LogP contribution in [0.25, 0.3) is 11.3 Å². The van der Waals surface area contributed by atoms with Crippen molar-refractivity contribution in [2.24, 2.45) is 0 Å². The van der Waals surface area contributed by atoms with Crippen molar-refractivity contribution in [3.8, 4) is 11.3 Å². The van der Waals surface area contributed by atoms with Crippen molar-refractivity contribution >= 4 is 11.8 Å². The third kappa shape index (κ3) is 3.85. The van der Waals surface area contributed by atoms with E-state index in [1.807, 2.05) is 43.5 Å². The van der Waals surface area contributed by atoms with E-state index >= 15 is 0 Å². The molecule has 0 amide bonds. The average molecular weight is 338 g/mol. The van der Waals surface area contributed by atoms with E-state index in [9.17, 15) is 0 Å². The fraction of sp³-hybridized carbons (Fsp3) is 0.316. The summed E-state index contributed by atoms with van der Waals surface area (Å²) in [7, 11) is 0. The first-order chi connectivity index (χ1) is 11.7. The lowest BCUT2D eigenvalue weighted by Gasteiger charge is -2.13. The van der Waals surface area contributed by atoms with Crippen molar-refractivity contribution in [3.05, 3.63) is 66.1 Å². The van der Waals surface area contributed by atoms with Gasteiger partial charge in [0.1, 0.15) is 0 Å². The number of aromatic nitrogens is 4. The Bertz CT molecular complexity index is 781. The number of nitrogens with zero attached hydrogens (tertiary/aromatic N) is 4. The second-order valence-electron chi connectivity index (χ2n) is 5.93. The van der Waals surface area contributed by atoms with Crippen LogP contribution in [0.4, 0.5) is 0 Å². The highest BCUT2D eigenvalue weighted by Gasteiger charge is 2.16. The largest absolute Gasteiger partial charge is 0.328 e. The van der Waals surface area contributed by atoms with Gasteiger partial charge in [0, 0.05) is 29.1 Å². The number of thioether (sulfide) groups is 1. The monoisotopic (exact) mass is 338 g/mol. The summed E-state index contributed by atoms with van der Waals surface area (Å²) in [4.78, 5) is 13.5. The molecule has 0 fully saturated rings. The first-order valence-electron chi connectivity index (χ1n) is 8.07. The van der Waals surface area contributed by atoms with Crippen molar-refractivity contribution in [1.29, 1.82) is 0 Å². The number of rotatable bonds is 6. The molecule has 0 unspecified atom stereocenters. The number of hydrogen-bond donors (Lipinski definition) is 0. The van der Waals surface area contributed by atoms with Crippen molar-refractivity contribution in [2.45, 2.75) is 32.1 Å². The predicted octanol–water partition coefficient (Wildman–Crippen LogP) is 3.99. The van der Waals surface area contributed by atoms with Crippen LogP contribution in [0.1, 0.15) is 24.0 Å². The Morgan fingerprint density at radius 1 is 1.08 bits per heavy atom. The number of hydrogen-bond acceptors (Lipinski definition) is 4. The smallest absolute Gasteiger partial charge is 0.0959 e. The lowest BCUT2D eigenvalue weighted by Crippen LogP contribution is -2.10. The number of imidazole rings is 1. The predicted molar refractivity (Wildman–Crippen MR) is 100 cm³/mol. The van der Waals surface area contributed by atoms with Gasteiger partial charge in [0.15, 0.2) is 0 Å². The van der Waals surface area contributed by atoms with E-state index in [0.29, 0.717) is 11.8 Å². The van der Waals surface area contributed by atoms with Gasteiger partial charge in [-0.25, -0.2) is 4.98 Å². The van der Waals surface area contributed by atoms with Crippen LogP contribution in [0.5, 0.6) is 0 Å². The molecule has 0 N–H and O–H groups in total. The molecule has 0 bridgehead atoms. The topological polar surface area (TPSA) is 43.6 Å². The molecule has 1 aromatic carbocycles. The van der Waals surface area contributed by atoms with E-state index in [-0.39, 0.29) is 0 Å². The molecule has 0 aliphatic heterocycles. The molecule has 0 saturated carbocycles. The van der Waals surface area contributed by atoms with Gasteiger partial charge in [-0.05, 0) is 13.2 Å². The normalized spacial score (nSPS) is 12.3. The fourth-order valence-electron chi connectivity index (χ4n) is 2.63. The van der Waals surface area contributed by atoms with Crippen LogP contribution in [0.2, 0.25) is 0 Å². The van der Waals surface area contributed by atoms with Crippen molar-refractivity contribution < 1.29 is 0 Å². The first-order valence-corrected chi connectivity index (χ1v) is 9.36. The lowest BCUT2D eigenvalue weighted by molar-refractivity contribution is 0.710. The molecule has 24 heavy (non-hydrogen) atoms. The first kappa shape index (κ1) is 16.7. The number of aryl methyl sites for hydroxylation is 1. The van der Waals surface area contributed by atoms with Gasteiger partial charge in [0.25, 0.3) is 0 Å². The Balaban J connectivity index is 1.96. The molecule has 0 spiro atoms. The third-order valence-electron chi connectivity index (χ3n) is 4.04. The molecule has 1 atom stereocenters. The molecule has 0 radical (unpaired) electrons. The van der Waals surface area contributed by atoms with Gasteiger partial charge in [-0.15, -0.1) is 0 Å². The van der Waals surface area contributed by atoms with E-state index < -0.39 is 0 Å². The maximum Gasteiger partial charge on any atom is 0.0959 e. The molecular weight excluding hydrogens is 316 g/mol. The summed E-state index contributed by atoms with van der Waals surface area (Å²) in [6.45, 7) is 4.90. The van der Waals surface area contributed by atoms with E-state index in [0.717, 1.165) is 29.1 Å². The minimum Gasteiger partial charge on any atom is -0.328 e. The van der Waals surface area contributed by atoms with E-state index in [2.05, 4.69) is 52.0 Å². The summed E-state index contributed by atoms with van der Waals surface area (Å²) in [5.41, 5.74) is 5.37. The summed E-state index contributed by atoms with van der Waals surface area (Å²) in [5.74, 6) is 0.